The molecule has 0 spiro atoms. The van der Waals surface area contributed by atoms with Gasteiger partial charge in [0.05, 0.1) is 6.54 Å². The number of hydrogen-bond donors (Lipinski definition) is 1. The smallest absolute Gasteiger partial charge is 0.236 e. The molecule has 0 heterocycles. The van der Waals surface area contributed by atoms with Crippen LogP contribution in [0.5, 0.6) is 0 Å². The molecule has 1 amide bonds. The molecule has 0 aromatic heterocycles. The molecule has 2 atom stereocenters. The number of nitrogens with zero attached hydrogens (tertiary/aromatic N) is 1. The third kappa shape index (κ3) is 4.30. The number of nitrogens with one attached hydrogen (secondary N) is 1. The van der Waals surface area contributed by atoms with E-state index in [0.29, 0.717) is 23.9 Å². The largest absolute Gasteiger partial charge is 0.345 e. The van der Waals surface area contributed by atoms with Gasteiger partial charge in [0.15, 0.2) is 0 Å². The predicted molar refractivity (Wildman–Crippen MR) is 71.9 cm³/mol. The topological polar surface area (TPSA) is 32.3 Å². The van der Waals surface area contributed by atoms with E-state index < -0.39 is 0 Å². The molecular weight excluding hydrogens is 212 g/mol. The van der Waals surface area contributed by atoms with Gasteiger partial charge in [-0.15, -0.1) is 0 Å². The van der Waals surface area contributed by atoms with Crippen molar-refractivity contribution in [3.05, 3.63) is 0 Å². The Balaban J connectivity index is 2.36. The van der Waals surface area contributed by atoms with Gasteiger partial charge >= 0.3 is 0 Å². The molecule has 0 aromatic carbocycles. The van der Waals surface area contributed by atoms with Crippen molar-refractivity contribution in [2.75, 3.05) is 20.1 Å². The lowest BCUT2D eigenvalue weighted by Gasteiger charge is -2.39. The fourth-order valence-electron chi connectivity index (χ4n) is 2.78. The zero-order valence-corrected chi connectivity index (χ0v) is 12.0. The Labute approximate surface area is 106 Å². The summed E-state index contributed by atoms with van der Waals surface area (Å²) in [6.45, 7) is 10.3. The quantitative estimate of drug-likeness (QED) is 0.817. The minimum absolute atomic E-state index is 0.199. The van der Waals surface area contributed by atoms with E-state index in [2.05, 4.69) is 26.1 Å². The second-order valence-corrected chi connectivity index (χ2v) is 6.28. The van der Waals surface area contributed by atoms with Crippen molar-refractivity contribution in [3.8, 4) is 0 Å². The normalized spacial score (nSPS) is 27.8. The first kappa shape index (κ1) is 14.5. The summed E-state index contributed by atoms with van der Waals surface area (Å²) >= 11 is 0. The third-order valence-corrected chi connectivity index (χ3v) is 4.11. The first-order chi connectivity index (χ1) is 7.85. The summed E-state index contributed by atoms with van der Waals surface area (Å²) in [6.07, 6.45) is 3.70. The van der Waals surface area contributed by atoms with Crippen LogP contribution in [0.3, 0.4) is 0 Å². The molecule has 1 aliphatic rings. The average molecular weight is 240 g/mol. The van der Waals surface area contributed by atoms with Crippen LogP contribution in [0.1, 0.15) is 47.0 Å². The Kier molecular flexibility index (Phi) is 4.99. The summed E-state index contributed by atoms with van der Waals surface area (Å²) in [4.78, 5) is 13.5. The predicted octanol–water partition coefficient (Wildman–Crippen LogP) is 2.27. The highest BCUT2D eigenvalue weighted by molar-refractivity contribution is 5.77. The van der Waals surface area contributed by atoms with Crippen molar-refractivity contribution >= 4 is 5.91 Å². The van der Waals surface area contributed by atoms with E-state index in [1.54, 1.807) is 4.90 Å². The number of carbonyl (C=O) groups is 1. The Morgan fingerprint density at radius 2 is 2.12 bits per heavy atom. The molecule has 1 saturated carbocycles. The van der Waals surface area contributed by atoms with E-state index in [1.807, 2.05) is 14.0 Å². The highest BCUT2D eigenvalue weighted by Gasteiger charge is 2.32. The SMILES string of the molecule is CCN(C)C(=O)CNC1CCC(C)(C)CC1C. The highest BCUT2D eigenvalue weighted by atomic mass is 16.2. The first-order valence-electron chi connectivity index (χ1n) is 6.83. The van der Waals surface area contributed by atoms with Crippen LogP contribution >= 0.6 is 0 Å². The van der Waals surface area contributed by atoms with E-state index in [9.17, 15) is 4.79 Å². The van der Waals surface area contributed by atoms with Crippen LogP contribution in [0.2, 0.25) is 0 Å². The Bertz CT molecular complexity index is 263. The molecule has 1 fully saturated rings. The minimum Gasteiger partial charge on any atom is -0.345 e. The number of hydrogen-bond acceptors (Lipinski definition) is 2. The van der Waals surface area contributed by atoms with Crippen LogP contribution < -0.4 is 5.32 Å². The lowest BCUT2D eigenvalue weighted by Crippen LogP contribution is -2.46. The second kappa shape index (κ2) is 5.85. The van der Waals surface area contributed by atoms with Crippen molar-refractivity contribution in [1.82, 2.24) is 10.2 Å². The summed E-state index contributed by atoms with van der Waals surface area (Å²) in [7, 11) is 1.86. The standard InChI is InChI=1S/C14H28N2O/c1-6-16(5)13(17)10-15-12-7-8-14(3,4)9-11(12)2/h11-12,15H,6-10H2,1-5H3. The maximum Gasteiger partial charge on any atom is 0.236 e. The molecule has 0 radical (unpaired) electrons. The molecule has 0 aromatic rings. The van der Waals surface area contributed by atoms with Crippen molar-refractivity contribution in [1.29, 1.82) is 0 Å². The van der Waals surface area contributed by atoms with Gasteiger partial charge in [-0.25, -0.2) is 0 Å². The average Bonchev–Trinajstić information content (AvgIpc) is 2.25. The summed E-state index contributed by atoms with van der Waals surface area (Å²) in [5.41, 5.74) is 0.474. The van der Waals surface area contributed by atoms with Crippen LogP contribution in [-0.2, 0) is 4.79 Å². The van der Waals surface area contributed by atoms with Crippen LogP contribution in [-0.4, -0.2) is 37.0 Å². The molecule has 0 bridgehead atoms. The van der Waals surface area contributed by atoms with Crippen molar-refractivity contribution in [2.24, 2.45) is 11.3 Å². The van der Waals surface area contributed by atoms with Crippen molar-refractivity contribution in [2.45, 2.75) is 53.0 Å². The van der Waals surface area contributed by atoms with Gasteiger partial charge in [-0.1, -0.05) is 20.8 Å². The van der Waals surface area contributed by atoms with E-state index in [0.717, 1.165) is 6.54 Å². The maximum absolute atomic E-state index is 11.7. The van der Waals surface area contributed by atoms with Crippen molar-refractivity contribution in [3.63, 3.8) is 0 Å². The molecule has 0 aliphatic heterocycles. The molecule has 1 rings (SSSR count). The van der Waals surface area contributed by atoms with Gasteiger partial charge < -0.3 is 10.2 Å². The van der Waals surface area contributed by atoms with Gasteiger partial charge in [-0.3, -0.25) is 4.79 Å². The van der Waals surface area contributed by atoms with Crippen LogP contribution in [0.4, 0.5) is 0 Å². The van der Waals surface area contributed by atoms with Crippen LogP contribution in [0.25, 0.3) is 0 Å². The van der Waals surface area contributed by atoms with Crippen molar-refractivity contribution < 1.29 is 4.79 Å². The Morgan fingerprint density at radius 1 is 1.47 bits per heavy atom. The van der Waals surface area contributed by atoms with E-state index in [-0.39, 0.29) is 5.91 Å². The maximum atomic E-state index is 11.7. The molecule has 0 saturated heterocycles. The van der Waals surface area contributed by atoms with Crippen LogP contribution in [0.15, 0.2) is 0 Å². The molecule has 100 valence electrons. The zero-order valence-electron chi connectivity index (χ0n) is 12.0. The highest BCUT2D eigenvalue weighted by Crippen LogP contribution is 2.38. The summed E-state index contributed by atoms with van der Waals surface area (Å²) in [5.74, 6) is 0.864. The van der Waals surface area contributed by atoms with Gasteiger partial charge in [0.2, 0.25) is 5.91 Å². The number of amides is 1. The summed E-state index contributed by atoms with van der Waals surface area (Å²) < 4.78 is 0. The summed E-state index contributed by atoms with van der Waals surface area (Å²) in [6, 6.07) is 0.511. The minimum atomic E-state index is 0.199. The summed E-state index contributed by atoms with van der Waals surface area (Å²) in [5, 5.41) is 3.43. The van der Waals surface area contributed by atoms with Gasteiger partial charge in [0, 0.05) is 19.6 Å². The monoisotopic (exact) mass is 240 g/mol. The lowest BCUT2D eigenvalue weighted by molar-refractivity contribution is -0.129. The molecule has 17 heavy (non-hydrogen) atoms. The third-order valence-electron chi connectivity index (χ3n) is 4.11. The van der Waals surface area contributed by atoms with Gasteiger partial charge in [-0.05, 0) is 37.5 Å². The van der Waals surface area contributed by atoms with Gasteiger partial charge in [0.1, 0.15) is 0 Å². The second-order valence-electron chi connectivity index (χ2n) is 6.28. The fraction of sp³-hybridized carbons (Fsp3) is 0.929. The molecule has 1 aliphatic carbocycles. The lowest BCUT2D eigenvalue weighted by atomic mass is 9.70. The van der Waals surface area contributed by atoms with Crippen LogP contribution in [0, 0.1) is 11.3 Å². The fourth-order valence-corrected chi connectivity index (χ4v) is 2.78. The van der Waals surface area contributed by atoms with E-state index in [1.165, 1.54) is 19.3 Å². The molecule has 2 unspecified atom stereocenters. The molecular formula is C14H28N2O. The molecule has 3 nitrogen and oxygen atoms in total. The van der Waals surface area contributed by atoms with Gasteiger partial charge in [0.25, 0.3) is 0 Å². The van der Waals surface area contributed by atoms with E-state index >= 15 is 0 Å². The number of likely N-dealkylation sites (N-methyl/N-ethyl adjacent to an activating group) is 1. The molecule has 1 N–H and O–H groups in total. The number of rotatable bonds is 4. The molecule has 3 heteroatoms. The van der Waals surface area contributed by atoms with E-state index in [4.69, 9.17) is 0 Å². The Hall–Kier alpha value is -0.570. The zero-order chi connectivity index (χ0) is 13.1. The van der Waals surface area contributed by atoms with Gasteiger partial charge in [-0.2, -0.15) is 0 Å². The Morgan fingerprint density at radius 3 is 2.65 bits per heavy atom. The first-order valence-corrected chi connectivity index (χ1v) is 6.83. The number of carbonyl (C=O) groups excluding carboxylic acids is 1.